The number of hydrogen-bond donors (Lipinski definition) is 0. The van der Waals surface area contributed by atoms with Crippen molar-refractivity contribution in [3.8, 4) is 0 Å². The number of ether oxygens (including phenoxy) is 2. The maximum atomic E-state index is 12.6. The van der Waals surface area contributed by atoms with Gasteiger partial charge in [0.05, 0.1) is 23.0 Å². The van der Waals surface area contributed by atoms with Gasteiger partial charge in [0.1, 0.15) is 0 Å². The largest absolute Gasteiger partial charge is 0.463 e. The van der Waals surface area contributed by atoms with E-state index in [0.717, 1.165) is 0 Å². The molecule has 0 aromatic heterocycles. The van der Waals surface area contributed by atoms with Gasteiger partial charge in [-0.2, -0.15) is 8.42 Å². The predicted molar refractivity (Wildman–Crippen MR) is 99.7 cm³/mol. The summed E-state index contributed by atoms with van der Waals surface area (Å²) in [5.41, 5.74) is 0. The van der Waals surface area contributed by atoms with Crippen LogP contribution >= 0.6 is 11.6 Å². The number of esters is 2. The van der Waals surface area contributed by atoms with Crippen molar-refractivity contribution in [3.63, 3.8) is 0 Å². The average molecular weight is 421 g/mol. The number of hydrogen-bond acceptors (Lipinski definition) is 7. The molecule has 152 valence electrons. The Morgan fingerprint density at radius 1 is 0.963 bits per heavy atom. The summed E-state index contributed by atoms with van der Waals surface area (Å²) in [5, 5.41) is 0.344. The molecule has 2 atom stereocenters. The van der Waals surface area contributed by atoms with Gasteiger partial charge in [0.2, 0.25) is 0 Å². The van der Waals surface area contributed by atoms with Gasteiger partial charge in [-0.05, 0) is 58.4 Å². The fourth-order valence-corrected chi connectivity index (χ4v) is 3.38. The molecule has 9 heteroatoms. The van der Waals surface area contributed by atoms with E-state index in [2.05, 4.69) is 0 Å². The lowest BCUT2D eigenvalue weighted by atomic mass is 9.99. The van der Waals surface area contributed by atoms with Crippen LogP contribution in [0.5, 0.6) is 0 Å². The first kappa shape index (κ1) is 23.4. The Morgan fingerprint density at radius 2 is 1.44 bits per heavy atom. The van der Waals surface area contributed by atoms with Gasteiger partial charge in [0.15, 0.2) is 6.10 Å². The fourth-order valence-electron chi connectivity index (χ4n) is 2.19. The smallest absolute Gasteiger partial charge is 0.337 e. The summed E-state index contributed by atoms with van der Waals surface area (Å²) in [4.78, 5) is 24.6. The van der Waals surface area contributed by atoms with Crippen LogP contribution in [0.4, 0.5) is 0 Å². The van der Waals surface area contributed by atoms with Crippen LogP contribution in [0.15, 0.2) is 29.2 Å². The molecule has 1 aromatic rings. The maximum Gasteiger partial charge on any atom is 0.337 e. The van der Waals surface area contributed by atoms with Crippen LogP contribution in [-0.2, 0) is 33.4 Å². The molecular weight excluding hydrogens is 396 g/mol. The minimum Gasteiger partial charge on any atom is -0.463 e. The molecular formula is C18H25ClO7S. The second-order valence-electron chi connectivity index (χ2n) is 6.41. The maximum absolute atomic E-state index is 12.6. The number of rotatable bonds is 9. The van der Waals surface area contributed by atoms with Gasteiger partial charge in [-0.1, -0.05) is 18.5 Å². The number of halogens is 1. The molecule has 1 aromatic carbocycles. The minimum atomic E-state index is -4.34. The van der Waals surface area contributed by atoms with E-state index in [-0.39, 0.29) is 11.3 Å². The zero-order valence-electron chi connectivity index (χ0n) is 16.0. The second kappa shape index (κ2) is 10.1. The van der Waals surface area contributed by atoms with E-state index in [4.69, 9.17) is 25.3 Å². The topological polar surface area (TPSA) is 96.0 Å². The number of carbonyl (C=O) groups is 2. The Kier molecular flexibility index (Phi) is 8.71. The molecule has 0 amide bonds. The van der Waals surface area contributed by atoms with E-state index in [1.165, 1.54) is 24.3 Å². The molecule has 0 saturated carbocycles. The molecule has 1 rings (SSSR count). The summed E-state index contributed by atoms with van der Waals surface area (Å²) in [6, 6.07) is 5.25. The lowest BCUT2D eigenvalue weighted by Crippen LogP contribution is -2.41. The van der Waals surface area contributed by atoms with Crippen molar-refractivity contribution in [2.45, 2.75) is 64.2 Å². The molecule has 0 radical (unpaired) electrons. The highest BCUT2D eigenvalue weighted by molar-refractivity contribution is 7.86. The quantitative estimate of drug-likeness (QED) is 0.446. The van der Waals surface area contributed by atoms with Crippen molar-refractivity contribution in [1.29, 1.82) is 0 Å². The van der Waals surface area contributed by atoms with Crippen molar-refractivity contribution in [3.05, 3.63) is 29.3 Å². The molecule has 0 aliphatic carbocycles. The Hall–Kier alpha value is -1.64. The van der Waals surface area contributed by atoms with Crippen molar-refractivity contribution in [2.24, 2.45) is 5.92 Å². The lowest BCUT2D eigenvalue weighted by molar-refractivity contribution is -0.169. The third kappa shape index (κ3) is 7.12. The monoisotopic (exact) mass is 420 g/mol. The van der Waals surface area contributed by atoms with Gasteiger partial charge in [-0.3, -0.25) is 8.98 Å². The van der Waals surface area contributed by atoms with Gasteiger partial charge >= 0.3 is 11.9 Å². The van der Waals surface area contributed by atoms with Gasteiger partial charge in [0, 0.05) is 5.02 Å². The van der Waals surface area contributed by atoms with E-state index in [1.54, 1.807) is 34.6 Å². The third-order valence-electron chi connectivity index (χ3n) is 3.38. The Morgan fingerprint density at radius 3 is 1.89 bits per heavy atom. The van der Waals surface area contributed by atoms with E-state index < -0.39 is 46.3 Å². The summed E-state index contributed by atoms with van der Waals surface area (Å²) in [6.45, 7) is 8.14. The SMILES string of the molecule is CC[C@H](C(=O)OC(C)C)[C@@H](OS(=O)(=O)c1ccc(Cl)cc1)C(=O)OC(C)C. The Labute approximate surface area is 165 Å². The minimum absolute atomic E-state index is 0.125. The summed E-state index contributed by atoms with van der Waals surface area (Å²) < 4.78 is 40.5. The number of benzene rings is 1. The van der Waals surface area contributed by atoms with Crippen LogP contribution < -0.4 is 0 Å². The van der Waals surface area contributed by atoms with Crippen LogP contribution in [0.1, 0.15) is 41.0 Å². The van der Waals surface area contributed by atoms with Crippen LogP contribution in [-0.4, -0.2) is 38.7 Å². The molecule has 0 aliphatic heterocycles. The third-order valence-corrected chi connectivity index (χ3v) is 4.94. The fraction of sp³-hybridized carbons (Fsp3) is 0.556. The van der Waals surface area contributed by atoms with E-state index in [1.807, 2.05) is 0 Å². The zero-order chi connectivity index (χ0) is 20.8. The molecule has 0 fully saturated rings. The predicted octanol–water partition coefficient (Wildman–Crippen LogP) is 3.34. The molecule has 0 N–H and O–H groups in total. The molecule has 0 spiro atoms. The number of carbonyl (C=O) groups excluding carboxylic acids is 2. The highest BCUT2D eigenvalue weighted by atomic mass is 35.5. The summed E-state index contributed by atoms with van der Waals surface area (Å²) >= 11 is 5.77. The van der Waals surface area contributed by atoms with Crippen LogP contribution in [0.3, 0.4) is 0 Å². The first-order valence-corrected chi connectivity index (χ1v) is 10.4. The first-order valence-electron chi connectivity index (χ1n) is 8.57. The molecule has 0 aliphatic rings. The summed E-state index contributed by atoms with van der Waals surface area (Å²) in [7, 11) is -4.34. The summed E-state index contributed by atoms with van der Waals surface area (Å²) in [6.07, 6.45) is -2.48. The highest BCUT2D eigenvalue weighted by Gasteiger charge is 2.40. The van der Waals surface area contributed by atoms with E-state index in [0.29, 0.717) is 5.02 Å². The molecule has 0 saturated heterocycles. The first-order chi connectivity index (χ1) is 12.5. The summed E-state index contributed by atoms with van der Waals surface area (Å²) in [5.74, 6) is -2.82. The van der Waals surface area contributed by atoms with Crippen molar-refractivity contribution in [1.82, 2.24) is 0 Å². The normalized spacial score (nSPS) is 14.1. The van der Waals surface area contributed by atoms with Crippen molar-refractivity contribution in [2.75, 3.05) is 0 Å². The Balaban J connectivity index is 3.22. The zero-order valence-corrected chi connectivity index (χ0v) is 17.5. The van der Waals surface area contributed by atoms with Gasteiger partial charge in [0.25, 0.3) is 10.1 Å². The lowest BCUT2D eigenvalue weighted by Gasteiger charge is -2.24. The van der Waals surface area contributed by atoms with Crippen LogP contribution in [0.2, 0.25) is 5.02 Å². The average Bonchev–Trinajstić information content (AvgIpc) is 2.53. The van der Waals surface area contributed by atoms with E-state index >= 15 is 0 Å². The van der Waals surface area contributed by atoms with E-state index in [9.17, 15) is 18.0 Å². The molecule has 7 nitrogen and oxygen atoms in total. The van der Waals surface area contributed by atoms with Crippen LogP contribution in [0.25, 0.3) is 0 Å². The van der Waals surface area contributed by atoms with Gasteiger partial charge < -0.3 is 9.47 Å². The molecule has 0 bridgehead atoms. The Bertz CT molecular complexity index is 741. The molecule has 0 unspecified atom stereocenters. The van der Waals surface area contributed by atoms with Crippen molar-refractivity contribution < 1.29 is 31.7 Å². The van der Waals surface area contributed by atoms with Crippen LogP contribution in [0, 0.1) is 5.92 Å². The standard InChI is InChI=1S/C18H25ClO7S/c1-6-15(17(20)24-11(2)3)16(18(21)25-12(4)5)26-27(22,23)14-9-7-13(19)8-10-14/h7-12,15-16H,6H2,1-5H3/t15-,16+/m0/s1. The molecule has 0 heterocycles. The van der Waals surface area contributed by atoms with Crippen molar-refractivity contribution >= 4 is 33.7 Å². The van der Waals surface area contributed by atoms with Gasteiger partial charge in [-0.25, -0.2) is 4.79 Å². The highest BCUT2D eigenvalue weighted by Crippen LogP contribution is 2.24. The van der Waals surface area contributed by atoms with Gasteiger partial charge in [-0.15, -0.1) is 0 Å². The second-order valence-corrected chi connectivity index (χ2v) is 8.42. The molecule has 27 heavy (non-hydrogen) atoms.